The van der Waals surface area contributed by atoms with Gasteiger partial charge in [0.1, 0.15) is 6.54 Å². The van der Waals surface area contributed by atoms with E-state index in [9.17, 15) is 0 Å². The van der Waals surface area contributed by atoms with E-state index in [1.807, 2.05) is 0 Å². The largest absolute Gasteiger partial charge is 0.298 e. The smallest absolute Gasteiger partial charge is 0.289 e. The highest BCUT2D eigenvalue weighted by molar-refractivity contribution is 4.81. The Morgan fingerprint density at radius 2 is 1.58 bits per heavy atom. The molecule has 0 saturated heterocycles. The molecule has 0 atom stereocenters. The molecular weight excluding hydrogens is 236 g/mol. The molecule has 19 heavy (non-hydrogen) atoms. The Balaban J connectivity index is 2.32. The third-order valence-electron chi connectivity index (χ3n) is 3.70. The second kappa shape index (κ2) is 8.94. The quantitative estimate of drug-likeness (QED) is 0.402. The molecule has 0 aliphatic rings. The lowest BCUT2D eigenvalue weighted by Crippen LogP contribution is -2.50. The Morgan fingerprint density at radius 1 is 0.947 bits per heavy atom. The Bertz CT molecular complexity index is 357. The minimum atomic E-state index is 0.896. The number of nitrogens with zero attached hydrogens (tertiary/aromatic N) is 3. The van der Waals surface area contributed by atoms with Gasteiger partial charge in [-0.05, 0) is 6.42 Å². The van der Waals surface area contributed by atoms with Gasteiger partial charge in [-0.15, -0.1) is 9.36 Å². The summed E-state index contributed by atoms with van der Waals surface area (Å²) in [4.78, 5) is 0. The molecule has 0 aromatic carbocycles. The molecule has 0 aliphatic heterocycles. The molecule has 4 nitrogen and oxygen atoms in total. The van der Waals surface area contributed by atoms with Crippen molar-refractivity contribution in [3.63, 3.8) is 0 Å². The van der Waals surface area contributed by atoms with Crippen LogP contribution in [-0.4, -0.2) is 9.78 Å². The van der Waals surface area contributed by atoms with E-state index in [1.165, 1.54) is 44.9 Å². The van der Waals surface area contributed by atoms with Crippen LogP contribution in [0.25, 0.3) is 0 Å². The molecule has 0 unspecified atom stereocenters. The van der Waals surface area contributed by atoms with Crippen molar-refractivity contribution in [1.29, 1.82) is 0 Å². The lowest BCUT2D eigenvalue weighted by atomic mass is 10.1. The number of aryl methyl sites for hydroxylation is 2. The van der Waals surface area contributed by atoms with E-state index < -0.39 is 0 Å². The third kappa shape index (κ3) is 4.84. The SMILES string of the molecule is CCCCCCCCCn1nc(CC)[n+](N)c1CC. The first-order chi connectivity index (χ1) is 9.24. The summed E-state index contributed by atoms with van der Waals surface area (Å²) in [6.07, 6.45) is 11.2. The molecule has 1 rings (SSSR count). The molecule has 0 aliphatic carbocycles. The van der Waals surface area contributed by atoms with Crippen LogP contribution in [-0.2, 0) is 19.4 Å². The molecule has 0 saturated carbocycles. The van der Waals surface area contributed by atoms with Crippen molar-refractivity contribution in [3.05, 3.63) is 11.6 Å². The standard InChI is InChI=1S/C15H31N4/c1-4-7-8-9-10-11-12-13-18-15(6-3)19(16)14(5-2)17-18/h4-13,16H2,1-3H3/q+1. The van der Waals surface area contributed by atoms with Crippen molar-refractivity contribution in [2.45, 2.75) is 85.1 Å². The number of nitrogen functional groups attached to an aromatic ring is 1. The maximum atomic E-state index is 6.04. The predicted molar refractivity (Wildman–Crippen MR) is 79.3 cm³/mol. The van der Waals surface area contributed by atoms with Gasteiger partial charge >= 0.3 is 0 Å². The monoisotopic (exact) mass is 267 g/mol. The first kappa shape index (κ1) is 16.0. The van der Waals surface area contributed by atoms with E-state index in [-0.39, 0.29) is 0 Å². The number of unbranched alkanes of at least 4 members (excludes halogenated alkanes) is 6. The van der Waals surface area contributed by atoms with Gasteiger partial charge in [-0.3, -0.25) is 5.84 Å². The van der Waals surface area contributed by atoms with Gasteiger partial charge in [0.05, 0.1) is 0 Å². The fraction of sp³-hybridized carbons (Fsp3) is 0.867. The lowest BCUT2D eigenvalue weighted by molar-refractivity contribution is -0.655. The second-order valence-electron chi connectivity index (χ2n) is 5.25. The molecule has 0 bridgehead atoms. The molecule has 0 spiro atoms. The Hall–Kier alpha value is -1.06. The maximum absolute atomic E-state index is 6.04. The molecule has 2 N–H and O–H groups in total. The van der Waals surface area contributed by atoms with E-state index in [0.29, 0.717) is 0 Å². The first-order valence-electron chi connectivity index (χ1n) is 8.00. The van der Waals surface area contributed by atoms with Crippen LogP contribution in [0.5, 0.6) is 0 Å². The molecule has 1 aromatic heterocycles. The topological polar surface area (TPSA) is 47.7 Å². The molecule has 1 heterocycles. The van der Waals surface area contributed by atoms with Crippen LogP contribution in [0.15, 0.2) is 0 Å². The zero-order chi connectivity index (χ0) is 14.1. The van der Waals surface area contributed by atoms with E-state index in [4.69, 9.17) is 5.84 Å². The van der Waals surface area contributed by atoms with Gasteiger partial charge in [0.2, 0.25) is 0 Å². The molecule has 0 radical (unpaired) electrons. The van der Waals surface area contributed by atoms with E-state index in [0.717, 1.165) is 31.0 Å². The molecule has 0 amide bonds. The van der Waals surface area contributed by atoms with Crippen LogP contribution in [0.3, 0.4) is 0 Å². The second-order valence-corrected chi connectivity index (χ2v) is 5.25. The van der Waals surface area contributed by atoms with Crippen molar-refractivity contribution >= 4 is 0 Å². The lowest BCUT2D eigenvalue weighted by Gasteiger charge is -2.00. The zero-order valence-corrected chi connectivity index (χ0v) is 13.0. The number of hydrogen-bond donors (Lipinski definition) is 1. The van der Waals surface area contributed by atoms with E-state index in [2.05, 4.69) is 30.6 Å². The number of hydrogen-bond acceptors (Lipinski definition) is 2. The molecule has 110 valence electrons. The minimum Gasteiger partial charge on any atom is -0.289 e. The van der Waals surface area contributed by atoms with E-state index >= 15 is 0 Å². The molecule has 1 aromatic rings. The van der Waals surface area contributed by atoms with Crippen LogP contribution in [0.2, 0.25) is 0 Å². The third-order valence-corrected chi connectivity index (χ3v) is 3.70. The zero-order valence-electron chi connectivity index (χ0n) is 13.0. The van der Waals surface area contributed by atoms with Gasteiger partial charge in [-0.25, -0.2) is 0 Å². The summed E-state index contributed by atoms with van der Waals surface area (Å²) >= 11 is 0. The predicted octanol–water partition coefficient (Wildman–Crippen LogP) is 2.76. The van der Waals surface area contributed by atoms with Crippen LogP contribution in [0.4, 0.5) is 0 Å². The molecular formula is C15H31N4+. The van der Waals surface area contributed by atoms with Crippen LogP contribution >= 0.6 is 0 Å². The number of aromatic nitrogens is 3. The van der Waals surface area contributed by atoms with Crippen molar-refractivity contribution in [2.24, 2.45) is 0 Å². The Labute approximate surface area is 118 Å². The van der Waals surface area contributed by atoms with Gasteiger partial charge in [0, 0.05) is 17.9 Å². The summed E-state index contributed by atoms with van der Waals surface area (Å²) in [5.41, 5.74) is 0. The normalized spacial score (nSPS) is 11.1. The number of rotatable bonds is 10. The summed E-state index contributed by atoms with van der Waals surface area (Å²) in [7, 11) is 0. The van der Waals surface area contributed by atoms with Gasteiger partial charge in [0.15, 0.2) is 0 Å². The van der Waals surface area contributed by atoms with Crippen LogP contribution in [0.1, 0.15) is 77.4 Å². The summed E-state index contributed by atoms with van der Waals surface area (Å²) < 4.78 is 3.87. The van der Waals surface area contributed by atoms with Gasteiger partial charge in [0.25, 0.3) is 11.6 Å². The average Bonchev–Trinajstić information content (AvgIpc) is 2.73. The first-order valence-corrected chi connectivity index (χ1v) is 8.00. The Kier molecular flexibility index (Phi) is 7.53. The fourth-order valence-electron chi connectivity index (χ4n) is 2.51. The summed E-state index contributed by atoms with van der Waals surface area (Å²) in [6, 6.07) is 0. The summed E-state index contributed by atoms with van der Waals surface area (Å²) in [6.45, 7) is 7.51. The van der Waals surface area contributed by atoms with Gasteiger partial charge in [-0.1, -0.05) is 59.3 Å². The highest BCUT2D eigenvalue weighted by Crippen LogP contribution is 2.08. The maximum Gasteiger partial charge on any atom is 0.298 e. The highest BCUT2D eigenvalue weighted by atomic mass is 15.5. The summed E-state index contributed by atoms with van der Waals surface area (Å²) in [5.74, 6) is 8.17. The van der Waals surface area contributed by atoms with Crippen LogP contribution < -0.4 is 10.5 Å². The van der Waals surface area contributed by atoms with Crippen LogP contribution in [0, 0.1) is 0 Å². The van der Waals surface area contributed by atoms with Crippen molar-refractivity contribution in [1.82, 2.24) is 9.78 Å². The van der Waals surface area contributed by atoms with Gasteiger partial charge < -0.3 is 0 Å². The van der Waals surface area contributed by atoms with E-state index in [1.54, 1.807) is 4.68 Å². The fourth-order valence-corrected chi connectivity index (χ4v) is 2.51. The van der Waals surface area contributed by atoms with Gasteiger partial charge in [-0.2, -0.15) is 0 Å². The number of nitrogens with two attached hydrogens (primary N) is 1. The van der Waals surface area contributed by atoms with Crippen molar-refractivity contribution < 1.29 is 4.68 Å². The molecule has 0 fully saturated rings. The van der Waals surface area contributed by atoms with Crippen molar-refractivity contribution in [2.75, 3.05) is 5.84 Å². The highest BCUT2D eigenvalue weighted by Gasteiger charge is 2.20. The minimum absolute atomic E-state index is 0.896. The molecule has 4 heteroatoms. The average molecular weight is 267 g/mol. The van der Waals surface area contributed by atoms with Crippen molar-refractivity contribution in [3.8, 4) is 0 Å². The summed E-state index contributed by atoms with van der Waals surface area (Å²) in [5, 5.41) is 4.60. The Morgan fingerprint density at radius 3 is 2.16 bits per heavy atom.